The van der Waals surface area contributed by atoms with Crippen LogP contribution in [0.3, 0.4) is 0 Å². The topological polar surface area (TPSA) is 129 Å². The fourth-order valence-electron chi connectivity index (χ4n) is 2.04. The molecular formula is C11H14N4O4. The van der Waals surface area contributed by atoms with Gasteiger partial charge in [0.05, 0.1) is 5.92 Å². The van der Waals surface area contributed by atoms with Crippen LogP contribution < -0.4 is 11.3 Å². The lowest BCUT2D eigenvalue weighted by Gasteiger charge is -2.15. The number of carboxylic acids is 1. The fraction of sp³-hybridized carbons (Fsp3) is 0.455. The summed E-state index contributed by atoms with van der Waals surface area (Å²) in [5, 5.41) is 8.85. The molecule has 1 atom stereocenters. The van der Waals surface area contributed by atoms with E-state index in [0.29, 0.717) is 18.8 Å². The zero-order valence-electron chi connectivity index (χ0n) is 10.1. The predicted octanol–water partition coefficient (Wildman–Crippen LogP) is -1.17. The van der Waals surface area contributed by atoms with Gasteiger partial charge in [-0.1, -0.05) is 0 Å². The van der Waals surface area contributed by atoms with Crippen molar-refractivity contribution in [3.8, 4) is 0 Å². The van der Waals surface area contributed by atoms with Gasteiger partial charge in [0, 0.05) is 32.0 Å². The number of carbonyl (C=O) groups excluding carboxylic acids is 1. The minimum Gasteiger partial charge on any atom is -0.481 e. The Morgan fingerprint density at radius 1 is 1.58 bits per heavy atom. The Morgan fingerprint density at radius 2 is 2.32 bits per heavy atom. The van der Waals surface area contributed by atoms with Crippen molar-refractivity contribution in [1.82, 2.24) is 14.9 Å². The molecule has 1 fully saturated rings. The van der Waals surface area contributed by atoms with Crippen molar-refractivity contribution in [3.05, 3.63) is 22.2 Å². The Labute approximate surface area is 108 Å². The number of H-pyrrole nitrogens is 1. The summed E-state index contributed by atoms with van der Waals surface area (Å²) in [4.78, 5) is 41.5. The molecule has 4 N–H and O–H groups in total. The molecule has 0 bridgehead atoms. The van der Waals surface area contributed by atoms with E-state index in [1.807, 2.05) is 0 Å². The molecule has 1 aliphatic rings. The lowest BCUT2D eigenvalue weighted by molar-refractivity contribution is -0.141. The molecule has 1 saturated heterocycles. The van der Waals surface area contributed by atoms with Crippen LogP contribution in [0.2, 0.25) is 0 Å². The van der Waals surface area contributed by atoms with Crippen molar-refractivity contribution >= 4 is 17.7 Å². The molecule has 0 saturated carbocycles. The number of carboxylic acid groups (broad SMARTS) is 1. The van der Waals surface area contributed by atoms with Crippen LogP contribution in [0.15, 0.2) is 10.9 Å². The first-order chi connectivity index (χ1) is 8.95. The number of nitrogens with two attached hydrogens (primary N) is 1. The lowest BCUT2D eigenvalue weighted by atomic mass is 10.1. The second kappa shape index (κ2) is 5.09. The molecule has 2 rings (SSSR count). The molecule has 1 aromatic heterocycles. The third kappa shape index (κ3) is 3.09. The van der Waals surface area contributed by atoms with Crippen molar-refractivity contribution in [3.63, 3.8) is 0 Å². The molecule has 0 unspecified atom stereocenters. The first-order valence-corrected chi connectivity index (χ1v) is 5.82. The smallest absolute Gasteiger partial charge is 0.308 e. The first kappa shape index (κ1) is 13.1. The highest BCUT2D eigenvalue weighted by Crippen LogP contribution is 2.17. The zero-order chi connectivity index (χ0) is 14.0. The van der Waals surface area contributed by atoms with E-state index in [2.05, 4.69) is 9.97 Å². The van der Waals surface area contributed by atoms with Gasteiger partial charge in [0.25, 0.3) is 5.56 Å². The third-order valence-corrected chi connectivity index (χ3v) is 2.99. The number of nitrogens with one attached hydrogen (secondary N) is 1. The van der Waals surface area contributed by atoms with E-state index in [4.69, 9.17) is 10.8 Å². The Kier molecular flexibility index (Phi) is 3.50. The predicted molar refractivity (Wildman–Crippen MR) is 65.3 cm³/mol. The number of nitrogen functional groups attached to an aromatic ring is 1. The Morgan fingerprint density at radius 3 is 2.89 bits per heavy atom. The van der Waals surface area contributed by atoms with Crippen LogP contribution in [0.5, 0.6) is 0 Å². The summed E-state index contributed by atoms with van der Waals surface area (Å²) in [6, 6.07) is 1.17. The molecule has 102 valence electrons. The number of aromatic amines is 1. The number of anilines is 1. The Bertz CT molecular complexity index is 568. The highest BCUT2D eigenvalue weighted by molar-refractivity contribution is 5.86. The number of nitrogens with zero attached hydrogens (tertiary/aromatic N) is 2. The van der Waals surface area contributed by atoms with E-state index in [-0.39, 0.29) is 30.2 Å². The normalized spacial score (nSPS) is 18.8. The van der Waals surface area contributed by atoms with E-state index in [1.165, 1.54) is 11.0 Å². The first-order valence-electron chi connectivity index (χ1n) is 5.82. The fourth-order valence-corrected chi connectivity index (χ4v) is 2.04. The second-order valence-electron chi connectivity index (χ2n) is 4.45. The summed E-state index contributed by atoms with van der Waals surface area (Å²) >= 11 is 0. The second-order valence-corrected chi connectivity index (χ2v) is 4.45. The highest BCUT2D eigenvalue weighted by atomic mass is 16.4. The number of amides is 1. The number of hydrogen-bond acceptors (Lipinski definition) is 5. The Balaban J connectivity index is 1.97. The average Bonchev–Trinajstić information content (AvgIpc) is 2.67. The van der Waals surface area contributed by atoms with Gasteiger partial charge in [0.15, 0.2) is 0 Å². The van der Waals surface area contributed by atoms with Crippen LogP contribution in [0.25, 0.3) is 0 Å². The van der Waals surface area contributed by atoms with E-state index in [0.717, 1.165) is 0 Å². The molecule has 1 amide bonds. The molecule has 0 spiro atoms. The van der Waals surface area contributed by atoms with Crippen LogP contribution in [0.1, 0.15) is 12.2 Å². The van der Waals surface area contributed by atoms with E-state index in [1.54, 1.807) is 0 Å². The van der Waals surface area contributed by atoms with Gasteiger partial charge in [0.2, 0.25) is 5.91 Å². The van der Waals surface area contributed by atoms with Crippen LogP contribution in [0.4, 0.5) is 5.82 Å². The molecule has 19 heavy (non-hydrogen) atoms. The van der Waals surface area contributed by atoms with Gasteiger partial charge in [-0.05, 0) is 0 Å². The third-order valence-electron chi connectivity index (χ3n) is 2.99. The summed E-state index contributed by atoms with van der Waals surface area (Å²) in [7, 11) is 0. The average molecular weight is 266 g/mol. The molecular weight excluding hydrogens is 252 g/mol. The highest BCUT2D eigenvalue weighted by Gasteiger charge is 2.33. The molecule has 0 aliphatic carbocycles. The van der Waals surface area contributed by atoms with E-state index >= 15 is 0 Å². The number of carbonyl (C=O) groups is 2. The van der Waals surface area contributed by atoms with Gasteiger partial charge in [0.1, 0.15) is 11.6 Å². The minimum atomic E-state index is -0.966. The zero-order valence-corrected chi connectivity index (χ0v) is 10.1. The minimum absolute atomic E-state index is 0.0240. The lowest BCUT2D eigenvalue weighted by Crippen LogP contribution is -2.29. The molecule has 0 radical (unpaired) electrons. The monoisotopic (exact) mass is 266 g/mol. The van der Waals surface area contributed by atoms with E-state index < -0.39 is 11.9 Å². The number of likely N-dealkylation sites (tertiary alicyclic amines) is 1. The van der Waals surface area contributed by atoms with Crippen LogP contribution in [0, 0.1) is 5.92 Å². The molecule has 1 aliphatic heterocycles. The van der Waals surface area contributed by atoms with Gasteiger partial charge in [-0.2, -0.15) is 0 Å². The quantitative estimate of drug-likeness (QED) is 0.629. The summed E-state index contributed by atoms with van der Waals surface area (Å²) in [5.74, 6) is -1.31. The number of hydrogen-bond donors (Lipinski definition) is 3. The van der Waals surface area contributed by atoms with Crippen molar-refractivity contribution in [1.29, 1.82) is 0 Å². The Hall–Kier alpha value is -2.38. The van der Waals surface area contributed by atoms with Crippen LogP contribution in [-0.4, -0.2) is 44.9 Å². The van der Waals surface area contributed by atoms with Crippen molar-refractivity contribution in [2.75, 3.05) is 18.8 Å². The molecule has 1 aromatic rings. The molecule has 8 nitrogen and oxygen atoms in total. The molecule has 8 heteroatoms. The number of aliphatic carboxylic acids is 1. The summed E-state index contributed by atoms with van der Waals surface area (Å²) in [6.07, 6.45) is 0.356. The summed E-state index contributed by atoms with van der Waals surface area (Å²) < 4.78 is 0. The van der Waals surface area contributed by atoms with E-state index in [9.17, 15) is 14.4 Å². The maximum atomic E-state index is 11.6. The van der Waals surface area contributed by atoms with Crippen molar-refractivity contribution in [2.45, 2.75) is 12.8 Å². The summed E-state index contributed by atoms with van der Waals surface area (Å²) in [5.41, 5.74) is 5.09. The van der Waals surface area contributed by atoms with Gasteiger partial charge in [-0.15, -0.1) is 0 Å². The van der Waals surface area contributed by atoms with Gasteiger partial charge < -0.3 is 20.7 Å². The standard InChI is InChI=1S/C11H14N4O4/c12-7-4-9(16)14-8(13-7)1-2-15-5-6(11(18)19)3-10(15)17/h4,6H,1-3,5H2,(H,18,19)(H3,12,13,14,16)/t6-/m1/s1. The van der Waals surface area contributed by atoms with Crippen LogP contribution in [-0.2, 0) is 16.0 Å². The molecule has 2 heterocycles. The largest absolute Gasteiger partial charge is 0.481 e. The van der Waals surface area contributed by atoms with Gasteiger partial charge >= 0.3 is 5.97 Å². The van der Waals surface area contributed by atoms with Crippen molar-refractivity contribution in [2.24, 2.45) is 5.92 Å². The van der Waals surface area contributed by atoms with Crippen molar-refractivity contribution < 1.29 is 14.7 Å². The number of rotatable bonds is 4. The SMILES string of the molecule is Nc1cc(=O)[nH]c(CCN2C[C@H](C(=O)O)CC2=O)n1. The number of aromatic nitrogens is 2. The van der Waals surface area contributed by atoms with Crippen LogP contribution >= 0.6 is 0 Å². The van der Waals surface area contributed by atoms with Gasteiger partial charge in [-0.25, -0.2) is 4.98 Å². The summed E-state index contributed by atoms with van der Waals surface area (Å²) in [6.45, 7) is 0.510. The molecule has 0 aromatic carbocycles. The van der Waals surface area contributed by atoms with Gasteiger partial charge in [-0.3, -0.25) is 14.4 Å². The maximum absolute atomic E-state index is 11.6. The maximum Gasteiger partial charge on any atom is 0.308 e.